The lowest BCUT2D eigenvalue weighted by Gasteiger charge is -2.20. The zero-order chi connectivity index (χ0) is 26.9. The first-order chi connectivity index (χ1) is 16.8. The highest BCUT2D eigenvalue weighted by Gasteiger charge is 2.24. The number of hydrogen-bond acceptors (Lipinski definition) is 7. The van der Waals surface area contributed by atoms with Gasteiger partial charge in [-0.3, -0.25) is 14.4 Å². The number of rotatable bonds is 11. The third-order valence-electron chi connectivity index (χ3n) is 5.01. The van der Waals surface area contributed by atoms with E-state index < -0.39 is 50.3 Å². The van der Waals surface area contributed by atoms with Crippen molar-refractivity contribution < 1.29 is 38.0 Å². The molecule has 0 aromatic heterocycles. The Morgan fingerprint density at radius 3 is 2.36 bits per heavy atom. The summed E-state index contributed by atoms with van der Waals surface area (Å²) in [7, 11) is -2.22. The van der Waals surface area contributed by atoms with Crippen LogP contribution in [0.1, 0.15) is 39.2 Å². The summed E-state index contributed by atoms with van der Waals surface area (Å²) in [5, 5.41) is 3.10. The molecular formula is C25H30ClFNO7P. The molecule has 36 heavy (non-hydrogen) atoms. The highest BCUT2D eigenvalue weighted by molar-refractivity contribution is 7.45. The van der Waals surface area contributed by atoms with Gasteiger partial charge in [-0.1, -0.05) is 35.9 Å². The third-order valence-corrected chi connectivity index (χ3v) is 5.87. The van der Waals surface area contributed by atoms with Crippen LogP contribution in [0.2, 0.25) is 5.02 Å². The van der Waals surface area contributed by atoms with Gasteiger partial charge in [-0.15, -0.1) is 0 Å². The van der Waals surface area contributed by atoms with Crippen LogP contribution in [0.15, 0.2) is 42.5 Å². The smallest absolute Gasteiger partial charge is 0.314 e. The Bertz CT molecular complexity index is 1060. The molecule has 0 saturated carbocycles. The van der Waals surface area contributed by atoms with Crippen LogP contribution in [-0.2, 0) is 30.3 Å². The van der Waals surface area contributed by atoms with Gasteiger partial charge in [-0.25, -0.2) is 4.39 Å². The molecule has 0 heterocycles. The summed E-state index contributed by atoms with van der Waals surface area (Å²) in [6.45, 7) is 4.45. The summed E-state index contributed by atoms with van der Waals surface area (Å²) in [6.07, 6.45) is -0.189. The predicted octanol–water partition coefficient (Wildman–Crippen LogP) is 4.34. The summed E-state index contributed by atoms with van der Waals surface area (Å²) < 4.78 is 24.1. The van der Waals surface area contributed by atoms with Crippen LogP contribution in [0.3, 0.4) is 0 Å². The number of benzene rings is 2. The molecule has 1 atom stereocenters. The lowest BCUT2D eigenvalue weighted by atomic mass is 9.98. The second kappa shape index (κ2) is 13.7. The van der Waals surface area contributed by atoms with Gasteiger partial charge in [0.05, 0.1) is 11.8 Å². The fourth-order valence-electron chi connectivity index (χ4n) is 3.12. The van der Waals surface area contributed by atoms with E-state index in [1.165, 1.54) is 18.2 Å². The van der Waals surface area contributed by atoms with Crippen molar-refractivity contribution in [2.24, 2.45) is 5.41 Å². The van der Waals surface area contributed by atoms with Gasteiger partial charge < -0.3 is 24.6 Å². The molecule has 2 aromatic carbocycles. The molecule has 2 aromatic rings. The van der Waals surface area contributed by atoms with Crippen molar-refractivity contribution in [3.05, 3.63) is 58.9 Å². The fourth-order valence-corrected chi connectivity index (χ4v) is 3.70. The maximum atomic E-state index is 14.2. The molecule has 0 aliphatic heterocycles. The monoisotopic (exact) mass is 541 g/mol. The van der Waals surface area contributed by atoms with Gasteiger partial charge in [0.2, 0.25) is 12.7 Å². The maximum Gasteiger partial charge on any atom is 0.314 e. The van der Waals surface area contributed by atoms with E-state index in [-0.39, 0.29) is 25.4 Å². The van der Waals surface area contributed by atoms with Crippen molar-refractivity contribution in [1.82, 2.24) is 5.32 Å². The Labute approximate surface area is 215 Å². The molecule has 0 aliphatic rings. The van der Waals surface area contributed by atoms with Gasteiger partial charge >= 0.3 is 11.9 Å². The largest absolute Gasteiger partial charge is 0.428 e. The first-order valence-corrected chi connectivity index (χ1v) is 13.0. The Morgan fingerprint density at radius 1 is 1.08 bits per heavy atom. The van der Waals surface area contributed by atoms with E-state index in [2.05, 4.69) is 5.32 Å². The number of carbonyl (C=O) groups is 3. The molecule has 0 radical (unpaired) electrons. The van der Waals surface area contributed by atoms with Crippen molar-refractivity contribution in [1.29, 1.82) is 0 Å². The number of carbonyl (C=O) groups excluding carboxylic acids is 3. The van der Waals surface area contributed by atoms with Crippen LogP contribution in [-0.4, -0.2) is 46.6 Å². The SMILES string of the molecule is CC(C)(C)C(=O)OCOC(=O)C[C@@H](Cc1ccc(-c2cc(Cl)ccc2F)cc1)NC(=O)CCP(O)O. The van der Waals surface area contributed by atoms with Crippen molar-refractivity contribution in [3.63, 3.8) is 0 Å². The average Bonchev–Trinajstić information content (AvgIpc) is 2.79. The van der Waals surface area contributed by atoms with Crippen LogP contribution < -0.4 is 5.32 Å². The number of ether oxygens (including phenoxy) is 2. The molecule has 1 amide bonds. The molecular weight excluding hydrogens is 512 g/mol. The summed E-state index contributed by atoms with van der Waals surface area (Å²) in [4.78, 5) is 54.5. The summed E-state index contributed by atoms with van der Waals surface area (Å²) in [5.41, 5.74) is 0.961. The van der Waals surface area contributed by atoms with Gasteiger partial charge in [-0.05, 0) is 56.5 Å². The number of halogens is 2. The van der Waals surface area contributed by atoms with Gasteiger partial charge in [0, 0.05) is 29.2 Å². The van der Waals surface area contributed by atoms with Crippen LogP contribution in [0.4, 0.5) is 4.39 Å². The van der Waals surface area contributed by atoms with E-state index in [4.69, 9.17) is 30.9 Å². The summed E-state index contributed by atoms with van der Waals surface area (Å²) in [5.74, 6) is -2.09. The predicted molar refractivity (Wildman–Crippen MR) is 134 cm³/mol. The maximum absolute atomic E-state index is 14.2. The Kier molecular flexibility index (Phi) is 11.2. The molecule has 0 saturated heterocycles. The molecule has 11 heteroatoms. The van der Waals surface area contributed by atoms with Crippen LogP contribution in [0.25, 0.3) is 11.1 Å². The van der Waals surface area contributed by atoms with Crippen molar-refractivity contribution in [2.45, 2.75) is 46.1 Å². The Morgan fingerprint density at radius 2 is 1.75 bits per heavy atom. The topological polar surface area (TPSA) is 122 Å². The van der Waals surface area contributed by atoms with Crippen LogP contribution in [0, 0.1) is 11.2 Å². The van der Waals surface area contributed by atoms with Crippen LogP contribution in [0.5, 0.6) is 0 Å². The highest BCUT2D eigenvalue weighted by Crippen LogP contribution is 2.27. The second-order valence-electron chi connectivity index (χ2n) is 9.16. The minimum atomic E-state index is -2.22. The van der Waals surface area contributed by atoms with E-state index in [0.29, 0.717) is 16.1 Å². The van der Waals surface area contributed by atoms with E-state index in [0.717, 1.165) is 5.56 Å². The summed E-state index contributed by atoms with van der Waals surface area (Å²) >= 11 is 5.98. The van der Waals surface area contributed by atoms with Gasteiger partial charge in [0.25, 0.3) is 0 Å². The van der Waals surface area contributed by atoms with Crippen molar-refractivity contribution in [3.8, 4) is 11.1 Å². The lowest BCUT2D eigenvalue weighted by Crippen LogP contribution is -2.38. The normalized spacial score (nSPS) is 12.2. The third kappa shape index (κ3) is 10.2. The number of nitrogens with one attached hydrogen (secondary N) is 1. The molecule has 0 spiro atoms. The zero-order valence-corrected chi connectivity index (χ0v) is 21.9. The molecule has 0 aliphatic carbocycles. The summed E-state index contributed by atoms with van der Waals surface area (Å²) in [6, 6.07) is 10.5. The first-order valence-electron chi connectivity index (χ1n) is 11.2. The lowest BCUT2D eigenvalue weighted by molar-refractivity contribution is -0.173. The van der Waals surface area contributed by atoms with Gasteiger partial charge in [-0.2, -0.15) is 0 Å². The fraction of sp³-hybridized carbons (Fsp3) is 0.400. The van der Waals surface area contributed by atoms with E-state index in [9.17, 15) is 18.8 Å². The second-order valence-corrected chi connectivity index (χ2v) is 10.8. The molecule has 0 fully saturated rings. The number of hydrogen-bond donors (Lipinski definition) is 3. The first kappa shape index (κ1) is 29.6. The van der Waals surface area contributed by atoms with E-state index in [1.54, 1.807) is 45.0 Å². The molecule has 2 rings (SSSR count). The Balaban J connectivity index is 2.06. The minimum absolute atomic E-state index is 0.0962. The van der Waals surface area contributed by atoms with E-state index in [1.807, 2.05) is 0 Å². The van der Waals surface area contributed by atoms with Gasteiger partial charge in [0.1, 0.15) is 5.82 Å². The van der Waals surface area contributed by atoms with Gasteiger partial charge in [0.15, 0.2) is 8.38 Å². The molecule has 196 valence electrons. The highest BCUT2D eigenvalue weighted by atomic mass is 35.5. The van der Waals surface area contributed by atoms with E-state index >= 15 is 0 Å². The molecule has 0 bridgehead atoms. The number of amides is 1. The number of esters is 2. The Hall–Kier alpha value is -2.58. The van der Waals surface area contributed by atoms with Crippen LogP contribution >= 0.6 is 20.0 Å². The average molecular weight is 542 g/mol. The quantitative estimate of drug-likeness (QED) is 0.220. The molecule has 3 N–H and O–H groups in total. The zero-order valence-electron chi connectivity index (χ0n) is 20.3. The van der Waals surface area contributed by atoms with Crippen molar-refractivity contribution in [2.75, 3.05) is 13.0 Å². The molecule has 0 unspecified atom stereocenters. The minimum Gasteiger partial charge on any atom is -0.428 e. The van der Waals surface area contributed by atoms with Crippen molar-refractivity contribution >= 4 is 37.8 Å². The standard InChI is InChI=1S/C25H30ClFNO7P/c1-25(2,3)24(31)35-15-34-23(30)14-19(28-22(29)10-11-36(32)33)12-16-4-6-17(7-5-16)20-13-18(26)8-9-21(20)27/h4-9,13,19,32-33H,10-12,14-15H2,1-3H3,(H,28,29)/t19-/m1/s1. The molecule has 8 nitrogen and oxygen atoms in total.